The number of sulfone groups is 1. The van der Waals surface area contributed by atoms with Gasteiger partial charge in [-0.3, -0.25) is 9.59 Å². The van der Waals surface area contributed by atoms with Gasteiger partial charge in [0.2, 0.25) is 11.8 Å². The van der Waals surface area contributed by atoms with Crippen LogP contribution in [0.5, 0.6) is 0 Å². The third-order valence-electron chi connectivity index (χ3n) is 4.88. The zero-order valence-electron chi connectivity index (χ0n) is 16.6. The van der Waals surface area contributed by atoms with Crippen LogP contribution in [0.15, 0.2) is 52.3 Å². The molecule has 1 heterocycles. The summed E-state index contributed by atoms with van der Waals surface area (Å²) < 4.78 is 25.5. The SMILES string of the molecule is CC[C@H]1Sc2ccc(S(=O)(=O)CCC(=O)N(C)c3ccc(C)cc3)cc2NC1=O. The maximum absolute atomic E-state index is 12.7. The van der Waals surface area contributed by atoms with E-state index in [2.05, 4.69) is 5.32 Å². The number of nitrogens with one attached hydrogen (secondary N) is 1. The number of anilines is 2. The van der Waals surface area contributed by atoms with Crippen LogP contribution in [0.25, 0.3) is 0 Å². The average molecular weight is 433 g/mol. The molecule has 0 radical (unpaired) electrons. The van der Waals surface area contributed by atoms with Crippen molar-refractivity contribution in [2.75, 3.05) is 23.0 Å². The average Bonchev–Trinajstić information content (AvgIpc) is 2.71. The van der Waals surface area contributed by atoms with Crippen molar-refractivity contribution in [3.05, 3.63) is 48.0 Å². The first-order valence-corrected chi connectivity index (χ1v) is 11.9. The lowest BCUT2D eigenvalue weighted by Gasteiger charge is -2.23. The molecule has 3 rings (SSSR count). The topological polar surface area (TPSA) is 83.6 Å². The van der Waals surface area contributed by atoms with Crippen LogP contribution >= 0.6 is 11.8 Å². The highest BCUT2D eigenvalue weighted by molar-refractivity contribution is 8.01. The van der Waals surface area contributed by atoms with E-state index in [4.69, 9.17) is 0 Å². The van der Waals surface area contributed by atoms with Crippen LogP contribution in [0.4, 0.5) is 11.4 Å². The standard InChI is InChI=1S/C21H24N2O4S2/c1-4-18-21(25)22-17-13-16(9-10-19(17)28-18)29(26,27)12-11-20(24)23(3)15-7-5-14(2)6-8-15/h5-10,13,18H,4,11-12H2,1-3H3,(H,22,25)/t18-/m1/s1. The van der Waals surface area contributed by atoms with Crippen LogP contribution in [0, 0.1) is 6.92 Å². The summed E-state index contributed by atoms with van der Waals surface area (Å²) in [5, 5.41) is 2.62. The summed E-state index contributed by atoms with van der Waals surface area (Å²) in [6.07, 6.45) is 0.579. The van der Waals surface area contributed by atoms with E-state index in [0.717, 1.165) is 16.1 Å². The Balaban J connectivity index is 1.70. The van der Waals surface area contributed by atoms with Gasteiger partial charge in [0.15, 0.2) is 9.84 Å². The number of thioether (sulfide) groups is 1. The van der Waals surface area contributed by atoms with Crippen LogP contribution in [0.2, 0.25) is 0 Å². The van der Waals surface area contributed by atoms with E-state index in [1.165, 1.54) is 22.7 Å². The Morgan fingerprint density at radius 1 is 1.17 bits per heavy atom. The number of aryl methyl sites for hydroxylation is 1. The van der Waals surface area contributed by atoms with Crippen molar-refractivity contribution in [3.63, 3.8) is 0 Å². The molecule has 1 aliphatic heterocycles. The van der Waals surface area contributed by atoms with Crippen molar-refractivity contribution in [2.45, 2.75) is 41.7 Å². The molecule has 2 amide bonds. The Morgan fingerprint density at radius 3 is 2.52 bits per heavy atom. The number of nitrogens with zero attached hydrogens (tertiary/aromatic N) is 1. The van der Waals surface area contributed by atoms with E-state index < -0.39 is 9.84 Å². The van der Waals surface area contributed by atoms with Crippen LogP contribution in [-0.2, 0) is 19.4 Å². The highest BCUT2D eigenvalue weighted by Gasteiger charge is 2.27. The summed E-state index contributed by atoms with van der Waals surface area (Å²) in [4.78, 5) is 26.9. The highest BCUT2D eigenvalue weighted by Crippen LogP contribution is 2.38. The van der Waals surface area contributed by atoms with Gasteiger partial charge in [0.05, 0.1) is 21.6 Å². The molecule has 0 saturated carbocycles. The molecule has 154 valence electrons. The number of rotatable bonds is 6. The predicted molar refractivity (Wildman–Crippen MR) is 116 cm³/mol. The van der Waals surface area contributed by atoms with E-state index >= 15 is 0 Å². The third-order valence-corrected chi connectivity index (χ3v) is 8.04. The summed E-state index contributed by atoms with van der Waals surface area (Å²) in [6, 6.07) is 12.2. The number of hydrogen-bond acceptors (Lipinski definition) is 5. The van der Waals surface area contributed by atoms with Gasteiger partial charge in [-0.2, -0.15) is 0 Å². The normalized spacial score (nSPS) is 16.1. The predicted octanol–water partition coefficient (Wildman–Crippen LogP) is 3.64. The molecule has 29 heavy (non-hydrogen) atoms. The number of amides is 2. The monoisotopic (exact) mass is 432 g/mol. The van der Waals surface area contributed by atoms with Crippen molar-refractivity contribution >= 4 is 44.8 Å². The Morgan fingerprint density at radius 2 is 1.86 bits per heavy atom. The molecule has 1 aliphatic rings. The first kappa shape index (κ1) is 21.4. The maximum atomic E-state index is 12.7. The van der Waals surface area contributed by atoms with Crippen molar-refractivity contribution < 1.29 is 18.0 Å². The second-order valence-corrected chi connectivity index (χ2v) is 10.4. The quantitative estimate of drug-likeness (QED) is 0.753. The highest BCUT2D eigenvalue weighted by atomic mass is 32.2. The first-order valence-electron chi connectivity index (χ1n) is 9.39. The molecule has 8 heteroatoms. The first-order chi connectivity index (χ1) is 13.7. The fourth-order valence-corrected chi connectivity index (χ4v) is 5.29. The molecule has 0 unspecified atom stereocenters. The van der Waals surface area contributed by atoms with Crippen LogP contribution < -0.4 is 10.2 Å². The fourth-order valence-electron chi connectivity index (χ4n) is 3.01. The lowest BCUT2D eigenvalue weighted by atomic mass is 10.2. The lowest BCUT2D eigenvalue weighted by molar-refractivity contribution is -0.118. The lowest BCUT2D eigenvalue weighted by Crippen LogP contribution is -2.29. The molecule has 0 saturated heterocycles. The second-order valence-electron chi connectivity index (χ2n) is 7.02. The van der Waals surface area contributed by atoms with Crippen molar-refractivity contribution in [2.24, 2.45) is 0 Å². The second kappa shape index (κ2) is 8.59. The zero-order chi connectivity index (χ0) is 21.2. The van der Waals surface area contributed by atoms with Crippen molar-refractivity contribution in [3.8, 4) is 0 Å². The van der Waals surface area contributed by atoms with Gasteiger partial charge in [-0.25, -0.2) is 8.42 Å². The Kier molecular flexibility index (Phi) is 6.33. The van der Waals surface area contributed by atoms with Gasteiger partial charge in [-0.15, -0.1) is 11.8 Å². The zero-order valence-corrected chi connectivity index (χ0v) is 18.3. The van der Waals surface area contributed by atoms with Gasteiger partial charge in [0.25, 0.3) is 0 Å². The van der Waals surface area contributed by atoms with E-state index in [0.29, 0.717) is 12.1 Å². The molecular weight excluding hydrogens is 408 g/mol. The summed E-state index contributed by atoms with van der Waals surface area (Å²) >= 11 is 1.44. The molecule has 0 aliphatic carbocycles. The summed E-state index contributed by atoms with van der Waals surface area (Å²) in [5.74, 6) is -0.682. The smallest absolute Gasteiger partial charge is 0.237 e. The third kappa shape index (κ3) is 4.82. The summed E-state index contributed by atoms with van der Waals surface area (Å²) in [7, 11) is -2.02. The minimum atomic E-state index is -3.66. The Hall–Kier alpha value is -2.32. The molecular formula is C21H24N2O4S2. The number of benzene rings is 2. The van der Waals surface area contributed by atoms with Gasteiger partial charge in [-0.05, 0) is 43.7 Å². The Bertz CT molecular complexity index is 1030. The number of carbonyl (C=O) groups excluding carboxylic acids is 2. The minimum absolute atomic E-state index is 0.109. The molecule has 0 spiro atoms. The maximum Gasteiger partial charge on any atom is 0.237 e. The van der Waals surface area contributed by atoms with Gasteiger partial charge >= 0.3 is 0 Å². The molecule has 2 aromatic rings. The van der Waals surface area contributed by atoms with E-state index in [1.54, 1.807) is 19.2 Å². The molecule has 6 nitrogen and oxygen atoms in total. The van der Waals surface area contributed by atoms with Crippen molar-refractivity contribution in [1.82, 2.24) is 0 Å². The van der Waals surface area contributed by atoms with Crippen molar-refractivity contribution in [1.29, 1.82) is 0 Å². The largest absolute Gasteiger partial charge is 0.324 e. The number of fused-ring (bicyclic) bond motifs is 1. The fraction of sp³-hybridized carbons (Fsp3) is 0.333. The van der Waals surface area contributed by atoms with E-state index in [-0.39, 0.29) is 34.1 Å². The molecule has 1 N–H and O–H groups in total. The van der Waals surface area contributed by atoms with E-state index in [9.17, 15) is 18.0 Å². The number of hydrogen-bond donors (Lipinski definition) is 1. The van der Waals surface area contributed by atoms with Gasteiger partial charge < -0.3 is 10.2 Å². The molecule has 2 aromatic carbocycles. The van der Waals surface area contributed by atoms with Crippen LogP contribution in [-0.4, -0.2) is 38.3 Å². The summed E-state index contributed by atoms with van der Waals surface area (Å²) in [5.41, 5.74) is 2.31. The Labute approximate surface area is 175 Å². The van der Waals surface area contributed by atoms with Gasteiger partial charge in [0, 0.05) is 24.1 Å². The van der Waals surface area contributed by atoms with E-state index in [1.807, 2.05) is 38.1 Å². The molecule has 1 atom stereocenters. The van der Waals surface area contributed by atoms with Gasteiger partial charge in [-0.1, -0.05) is 24.6 Å². The van der Waals surface area contributed by atoms with Crippen LogP contribution in [0.3, 0.4) is 0 Å². The molecule has 0 bridgehead atoms. The minimum Gasteiger partial charge on any atom is -0.324 e. The number of carbonyl (C=O) groups is 2. The molecule has 0 aromatic heterocycles. The van der Waals surface area contributed by atoms with Gasteiger partial charge in [0.1, 0.15) is 0 Å². The van der Waals surface area contributed by atoms with Crippen LogP contribution in [0.1, 0.15) is 25.3 Å². The summed E-state index contributed by atoms with van der Waals surface area (Å²) in [6.45, 7) is 3.89. The molecule has 0 fully saturated rings.